The maximum atomic E-state index is 12.2. The zero-order chi connectivity index (χ0) is 16.1. The van der Waals surface area contributed by atoms with E-state index in [1.165, 1.54) is 11.9 Å². The van der Waals surface area contributed by atoms with Crippen LogP contribution in [0.1, 0.15) is 17.4 Å². The average molecular weight is 302 g/mol. The van der Waals surface area contributed by atoms with Gasteiger partial charge in [-0.25, -0.2) is 0 Å². The van der Waals surface area contributed by atoms with E-state index >= 15 is 0 Å². The van der Waals surface area contributed by atoms with Crippen LogP contribution in [-0.4, -0.2) is 35.5 Å². The number of hydrogen-bond acceptors (Lipinski definition) is 5. The summed E-state index contributed by atoms with van der Waals surface area (Å²) in [5, 5.41) is 6.20. The lowest BCUT2D eigenvalue weighted by Crippen LogP contribution is -2.40. The Hall–Kier alpha value is -2.67. The first kappa shape index (κ1) is 15.7. The fourth-order valence-electron chi connectivity index (χ4n) is 1.94. The number of carbonyl (C=O) groups excluding carboxylic acids is 2. The van der Waals surface area contributed by atoms with Crippen molar-refractivity contribution < 1.29 is 14.1 Å². The summed E-state index contributed by atoms with van der Waals surface area (Å²) in [6, 6.07) is 9.80. The van der Waals surface area contributed by atoms with Gasteiger partial charge in [-0.15, -0.1) is 0 Å². The van der Waals surface area contributed by atoms with Crippen LogP contribution in [0.25, 0.3) is 0 Å². The molecule has 0 fully saturated rings. The van der Waals surface area contributed by atoms with E-state index in [-0.39, 0.29) is 18.4 Å². The van der Waals surface area contributed by atoms with E-state index in [9.17, 15) is 9.59 Å². The number of anilines is 1. The van der Waals surface area contributed by atoms with Crippen LogP contribution in [-0.2, 0) is 9.59 Å². The monoisotopic (exact) mass is 302 g/mol. The lowest BCUT2D eigenvalue weighted by Gasteiger charge is -2.20. The summed E-state index contributed by atoms with van der Waals surface area (Å²) in [5.74, 6) is 0.198. The Morgan fingerprint density at radius 3 is 2.64 bits per heavy atom. The van der Waals surface area contributed by atoms with Gasteiger partial charge in [0, 0.05) is 13.1 Å². The molecule has 1 atom stereocenters. The average Bonchev–Trinajstić information content (AvgIpc) is 2.91. The molecule has 1 aromatic heterocycles. The third-order valence-corrected chi connectivity index (χ3v) is 3.08. The maximum absolute atomic E-state index is 12.2. The first-order valence-electron chi connectivity index (χ1n) is 6.76. The van der Waals surface area contributed by atoms with Crippen LogP contribution in [0.4, 0.5) is 5.82 Å². The smallest absolute Gasteiger partial charge is 0.245 e. The molecule has 22 heavy (non-hydrogen) atoms. The van der Waals surface area contributed by atoms with Gasteiger partial charge in [0.05, 0.1) is 6.54 Å². The number of likely N-dealkylation sites (N-methyl/N-ethyl adjacent to an activating group) is 1. The van der Waals surface area contributed by atoms with Gasteiger partial charge in [-0.1, -0.05) is 35.5 Å². The SMILES string of the molecule is Cc1cc(NC(=O)CN(C)C(=O)[C@@H](N)c2ccccc2)no1. The Morgan fingerprint density at radius 2 is 2.05 bits per heavy atom. The van der Waals surface area contributed by atoms with Crippen molar-refractivity contribution in [2.45, 2.75) is 13.0 Å². The van der Waals surface area contributed by atoms with Crippen LogP contribution >= 0.6 is 0 Å². The Labute approximate surface area is 128 Å². The predicted octanol–water partition coefficient (Wildman–Crippen LogP) is 1.08. The Bertz CT molecular complexity index is 654. The minimum Gasteiger partial charge on any atom is -0.360 e. The highest BCUT2D eigenvalue weighted by Crippen LogP contribution is 2.12. The number of nitrogens with one attached hydrogen (secondary N) is 1. The second-order valence-corrected chi connectivity index (χ2v) is 4.95. The molecular weight excluding hydrogens is 284 g/mol. The van der Waals surface area contributed by atoms with Gasteiger partial charge in [0.15, 0.2) is 5.82 Å². The van der Waals surface area contributed by atoms with Gasteiger partial charge in [0.1, 0.15) is 11.8 Å². The number of rotatable bonds is 5. The topological polar surface area (TPSA) is 101 Å². The van der Waals surface area contributed by atoms with Crippen LogP contribution in [0.15, 0.2) is 40.9 Å². The number of amides is 2. The molecule has 0 aliphatic heterocycles. The lowest BCUT2D eigenvalue weighted by atomic mass is 10.1. The molecule has 116 valence electrons. The van der Waals surface area contributed by atoms with Gasteiger partial charge in [0.25, 0.3) is 0 Å². The van der Waals surface area contributed by atoms with Crippen LogP contribution in [0.3, 0.4) is 0 Å². The molecule has 2 amide bonds. The minimum atomic E-state index is -0.798. The number of aryl methyl sites for hydroxylation is 1. The van der Waals surface area contributed by atoms with Crippen molar-refractivity contribution in [3.63, 3.8) is 0 Å². The van der Waals surface area contributed by atoms with E-state index in [1.807, 2.05) is 18.2 Å². The summed E-state index contributed by atoms with van der Waals surface area (Å²) in [7, 11) is 1.53. The molecule has 0 unspecified atom stereocenters. The van der Waals surface area contributed by atoms with Crippen LogP contribution in [0.5, 0.6) is 0 Å². The second kappa shape index (κ2) is 6.86. The summed E-state index contributed by atoms with van der Waals surface area (Å²) in [5.41, 5.74) is 6.62. The zero-order valence-corrected chi connectivity index (χ0v) is 12.4. The van der Waals surface area contributed by atoms with E-state index in [4.69, 9.17) is 10.3 Å². The van der Waals surface area contributed by atoms with Crippen molar-refractivity contribution >= 4 is 17.6 Å². The second-order valence-electron chi connectivity index (χ2n) is 4.95. The molecule has 2 rings (SSSR count). The van der Waals surface area contributed by atoms with Gasteiger partial charge in [0.2, 0.25) is 11.8 Å². The van der Waals surface area contributed by atoms with E-state index in [1.54, 1.807) is 25.1 Å². The van der Waals surface area contributed by atoms with Crippen LogP contribution in [0, 0.1) is 6.92 Å². The number of hydrogen-bond donors (Lipinski definition) is 2. The number of nitrogens with zero attached hydrogens (tertiary/aromatic N) is 2. The fraction of sp³-hybridized carbons (Fsp3) is 0.267. The minimum absolute atomic E-state index is 0.120. The van der Waals surface area contributed by atoms with Crippen LogP contribution < -0.4 is 11.1 Å². The fourth-order valence-corrected chi connectivity index (χ4v) is 1.94. The van der Waals surface area contributed by atoms with Gasteiger partial charge >= 0.3 is 0 Å². The van der Waals surface area contributed by atoms with Crippen molar-refractivity contribution in [2.24, 2.45) is 5.73 Å². The van der Waals surface area contributed by atoms with E-state index < -0.39 is 6.04 Å². The lowest BCUT2D eigenvalue weighted by molar-refractivity contribution is -0.134. The van der Waals surface area contributed by atoms with Crippen molar-refractivity contribution in [2.75, 3.05) is 18.9 Å². The molecule has 1 heterocycles. The zero-order valence-electron chi connectivity index (χ0n) is 12.4. The predicted molar refractivity (Wildman–Crippen MR) is 80.9 cm³/mol. The highest BCUT2D eigenvalue weighted by Gasteiger charge is 2.21. The van der Waals surface area contributed by atoms with Gasteiger partial charge in [-0.3, -0.25) is 9.59 Å². The Morgan fingerprint density at radius 1 is 1.36 bits per heavy atom. The summed E-state index contributed by atoms with van der Waals surface area (Å²) >= 11 is 0. The highest BCUT2D eigenvalue weighted by molar-refractivity contribution is 5.94. The Balaban J connectivity index is 1.92. The largest absolute Gasteiger partial charge is 0.360 e. The molecule has 7 heteroatoms. The van der Waals surface area contributed by atoms with Crippen molar-refractivity contribution in [3.05, 3.63) is 47.7 Å². The molecule has 1 aromatic carbocycles. The number of benzene rings is 1. The quantitative estimate of drug-likeness (QED) is 0.860. The molecule has 3 N–H and O–H groups in total. The molecule has 0 aliphatic rings. The molecule has 0 saturated carbocycles. The summed E-state index contributed by atoms with van der Waals surface area (Å²) < 4.78 is 4.85. The van der Waals surface area contributed by atoms with Crippen molar-refractivity contribution in [1.82, 2.24) is 10.1 Å². The number of carbonyl (C=O) groups is 2. The first-order valence-corrected chi connectivity index (χ1v) is 6.76. The van der Waals surface area contributed by atoms with Gasteiger partial charge in [-0.2, -0.15) is 0 Å². The molecule has 0 spiro atoms. The van der Waals surface area contributed by atoms with E-state index in [0.29, 0.717) is 17.1 Å². The van der Waals surface area contributed by atoms with E-state index in [0.717, 1.165) is 0 Å². The normalized spacial score (nSPS) is 11.8. The first-order chi connectivity index (χ1) is 10.5. The third kappa shape index (κ3) is 3.92. The van der Waals surface area contributed by atoms with Gasteiger partial charge < -0.3 is 20.5 Å². The standard InChI is InChI=1S/C15H18N4O3/c1-10-8-12(18-22-10)17-13(20)9-19(2)15(21)14(16)11-6-4-3-5-7-11/h3-8,14H,9,16H2,1-2H3,(H,17,18,20)/t14-/m0/s1. The Kier molecular flexibility index (Phi) is 4.90. The third-order valence-electron chi connectivity index (χ3n) is 3.08. The maximum Gasteiger partial charge on any atom is 0.245 e. The molecular formula is C15H18N4O3. The molecule has 0 aliphatic carbocycles. The van der Waals surface area contributed by atoms with E-state index in [2.05, 4.69) is 10.5 Å². The van der Waals surface area contributed by atoms with Gasteiger partial charge in [-0.05, 0) is 12.5 Å². The molecule has 0 radical (unpaired) electrons. The summed E-state index contributed by atoms with van der Waals surface area (Å²) in [6.45, 7) is 1.60. The molecule has 0 bridgehead atoms. The summed E-state index contributed by atoms with van der Waals surface area (Å²) in [4.78, 5) is 25.4. The molecule has 7 nitrogen and oxygen atoms in total. The van der Waals surface area contributed by atoms with Crippen molar-refractivity contribution in [3.8, 4) is 0 Å². The highest BCUT2D eigenvalue weighted by atomic mass is 16.5. The molecule has 2 aromatic rings. The van der Waals surface area contributed by atoms with Crippen LogP contribution in [0.2, 0.25) is 0 Å². The summed E-state index contributed by atoms with van der Waals surface area (Å²) in [6.07, 6.45) is 0. The number of aromatic nitrogens is 1. The van der Waals surface area contributed by atoms with Crippen molar-refractivity contribution in [1.29, 1.82) is 0 Å². The number of nitrogens with two attached hydrogens (primary N) is 1. The molecule has 0 saturated heterocycles.